The van der Waals surface area contributed by atoms with Crippen LogP contribution in [0.15, 0.2) is 17.0 Å². The van der Waals surface area contributed by atoms with Crippen LogP contribution in [0.3, 0.4) is 0 Å². The summed E-state index contributed by atoms with van der Waals surface area (Å²) in [6.07, 6.45) is -0.292. The number of hydrogen-bond donors (Lipinski definition) is 1. The molecule has 1 aromatic carbocycles. The van der Waals surface area contributed by atoms with Crippen molar-refractivity contribution in [3.8, 4) is 0 Å². The fourth-order valence-corrected chi connectivity index (χ4v) is 2.90. The summed E-state index contributed by atoms with van der Waals surface area (Å²) in [6.45, 7) is 1.79. The van der Waals surface area contributed by atoms with E-state index < -0.39 is 15.8 Å². The van der Waals surface area contributed by atoms with Crippen molar-refractivity contribution >= 4 is 33.2 Å². The van der Waals surface area contributed by atoms with Gasteiger partial charge in [0.1, 0.15) is 5.82 Å². The van der Waals surface area contributed by atoms with E-state index in [1.54, 1.807) is 6.92 Å². The summed E-state index contributed by atoms with van der Waals surface area (Å²) in [6, 6.07) is 2.11. The van der Waals surface area contributed by atoms with Gasteiger partial charge in [0.25, 0.3) is 0 Å². The minimum Gasteiger partial charge on any atom is -0.380 e. The number of hydrogen-bond acceptors (Lipinski definition) is 3. The van der Waals surface area contributed by atoms with Crippen LogP contribution in [0, 0.1) is 5.82 Å². The average Bonchev–Trinajstić information content (AvgIpc) is 2.38. The SMILES string of the molecule is COC(C)CNS(=O)(=O)c1cc(F)c(Cl)c(CCl)c1. The van der Waals surface area contributed by atoms with Gasteiger partial charge in [0.15, 0.2) is 0 Å². The van der Waals surface area contributed by atoms with Gasteiger partial charge in [-0.2, -0.15) is 0 Å². The van der Waals surface area contributed by atoms with Crippen LogP contribution < -0.4 is 4.72 Å². The molecule has 19 heavy (non-hydrogen) atoms. The summed E-state index contributed by atoms with van der Waals surface area (Å²) in [5.74, 6) is -0.895. The second kappa shape index (κ2) is 6.85. The Kier molecular flexibility index (Phi) is 6.01. The van der Waals surface area contributed by atoms with Gasteiger partial charge >= 0.3 is 0 Å². The van der Waals surface area contributed by atoms with E-state index in [0.717, 1.165) is 6.07 Å². The fourth-order valence-electron chi connectivity index (χ4n) is 1.26. The number of halogens is 3. The molecule has 1 aromatic rings. The lowest BCUT2D eigenvalue weighted by Gasteiger charge is -2.12. The zero-order chi connectivity index (χ0) is 14.6. The third-order valence-electron chi connectivity index (χ3n) is 2.49. The van der Waals surface area contributed by atoms with Gasteiger partial charge < -0.3 is 4.74 Å². The molecular weight excluding hydrogens is 316 g/mol. The first-order valence-electron chi connectivity index (χ1n) is 5.38. The molecule has 0 radical (unpaired) electrons. The smallest absolute Gasteiger partial charge is 0.240 e. The summed E-state index contributed by atoms with van der Waals surface area (Å²) >= 11 is 11.3. The maximum atomic E-state index is 13.5. The number of nitrogens with one attached hydrogen (secondary N) is 1. The number of sulfonamides is 1. The number of rotatable bonds is 6. The van der Waals surface area contributed by atoms with Crippen molar-refractivity contribution < 1.29 is 17.5 Å². The highest BCUT2D eigenvalue weighted by atomic mass is 35.5. The first kappa shape index (κ1) is 16.7. The van der Waals surface area contributed by atoms with E-state index in [9.17, 15) is 12.8 Å². The van der Waals surface area contributed by atoms with Crippen molar-refractivity contribution in [3.05, 3.63) is 28.5 Å². The number of methoxy groups -OCH3 is 1. The molecule has 108 valence electrons. The minimum atomic E-state index is -3.82. The predicted molar refractivity (Wildman–Crippen MR) is 72.6 cm³/mol. The standard InChI is InChI=1S/C11H14Cl2FNO3S/c1-7(18-2)6-15-19(16,17)9-3-8(5-12)11(13)10(14)4-9/h3-4,7,15H,5-6H2,1-2H3. The van der Waals surface area contributed by atoms with Crippen molar-refractivity contribution in [2.24, 2.45) is 0 Å². The molecule has 1 atom stereocenters. The van der Waals surface area contributed by atoms with E-state index in [4.69, 9.17) is 27.9 Å². The molecule has 0 saturated carbocycles. The highest BCUT2D eigenvalue weighted by Gasteiger charge is 2.19. The Morgan fingerprint density at radius 3 is 2.63 bits per heavy atom. The first-order chi connectivity index (χ1) is 8.81. The summed E-state index contributed by atoms with van der Waals surface area (Å²) in [4.78, 5) is -0.214. The van der Waals surface area contributed by atoms with Crippen molar-refractivity contribution in [1.29, 1.82) is 0 Å². The van der Waals surface area contributed by atoms with Gasteiger partial charge in [-0.25, -0.2) is 17.5 Å². The zero-order valence-corrected chi connectivity index (χ0v) is 12.7. The molecule has 0 aliphatic carbocycles. The van der Waals surface area contributed by atoms with Crippen molar-refractivity contribution in [3.63, 3.8) is 0 Å². The Balaban J connectivity index is 3.05. The van der Waals surface area contributed by atoms with Crippen molar-refractivity contribution in [2.45, 2.75) is 23.8 Å². The van der Waals surface area contributed by atoms with Crippen LogP contribution in [0.2, 0.25) is 5.02 Å². The maximum absolute atomic E-state index is 13.5. The van der Waals surface area contributed by atoms with E-state index in [1.807, 2.05) is 0 Å². The van der Waals surface area contributed by atoms with Crippen molar-refractivity contribution in [1.82, 2.24) is 4.72 Å². The number of benzene rings is 1. The molecule has 0 aromatic heterocycles. The lowest BCUT2D eigenvalue weighted by molar-refractivity contribution is 0.122. The van der Waals surface area contributed by atoms with E-state index in [1.165, 1.54) is 13.2 Å². The topological polar surface area (TPSA) is 55.4 Å². The Bertz CT molecular complexity index is 551. The van der Waals surface area contributed by atoms with Gasteiger partial charge in [-0.1, -0.05) is 11.6 Å². The number of ether oxygens (including phenoxy) is 1. The van der Waals surface area contributed by atoms with Crippen LogP contribution in [0.4, 0.5) is 4.39 Å². The molecule has 0 amide bonds. The Morgan fingerprint density at radius 2 is 2.11 bits per heavy atom. The second-order valence-corrected chi connectivity index (χ2v) is 6.32. The van der Waals surface area contributed by atoms with Crippen LogP contribution in [0.1, 0.15) is 12.5 Å². The third kappa shape index (κ3) is 4.29. The maximum Gasteiger partial charge on any atom is 0.240 e. The molecule has 0 heterocycles. The minimum absolute atomic E-state index is 0.0758. The van der Waals surface area contributed by atoms with Crippen LogP contribution in [0.25, 0.3) is 0 Å². The van der Waals surface area contributed by atoms with Crippen LogP contribution in [-0.2, 0) is 20.6 Å². The summed E-state index contributed by atoms with van der Waals surface area (Å²) in [5, 5.41) is -0.167. The fraction of sp³-hybridized carbons (Fsp3) is 0.455. The molecule has 0 fully saturated rings. The molecule has 0 saturated heterocycles. The van der Waals surface area contributed by atoms with E-state index in [2.05, 4.69) is 4.72 Å². The molecule has 0 bridgehead atoms. The normalized spacial score (nSPS) is 13.5. The molecule has 1 N–H and O–H groups in total. The van der Waals surface area contributed by atoms with Crippen LogP contribution in [0.5, 0.6) is 0 Å². The monoisotopic (exact) mass is 329 g/mol. The summed E-state index contributed by atoms with van der Waals surface area (Å²) < 4.78 is 44.7. The highest BCUT2D eigenvalue weighted by Crippen LogP contribution is 2.25. The first-order valence-corrected chi connectivity index (χ1v) is 7.77. The van der Waals surface area contributed by atoms with Gasteiger partial charge in [0.2, 0.25) is 10.0 Å². The largest absolute Gasteiger partial charge is 0.380 e. The molecule has 8 heteroatoms. The molecule has 4 nitrogen and oxygen atoms in total. The molecule has 1 unspecified atom stereocenters. The lowest BCUT2D eigenvalue weighted by atomic mass is 10.2. The molecule has 0 aliphatic heterocycles. The molecular formula is C11H14Cl2FNO3S. The van der Waals surface area contributed by atoms with Gasteiger partial charge in [-0.3, -0.25) is 0 Å². The van der Waals surface area contributed by atoms with Crippen molar-refractivity contribution in [2.75, 3.05) is 13.7 Å². The molecule has 0 spiro atoms. The van der Waals surface area contributed by atoms with Gasteiger partial charge in [0.05, 0.1) is 16.0 Å². The Labute approximate surface area is 121 Å². The quantitative estimate of drug-likeness (QED) is 0.816. The zero-order valence-electron chi connectivity index (χ0n) is 10.4. The predicted octanol–water partition coefficient (Wildman–Crippen LogP) is 2.53. The Hall–Kier alpha value is -0.400. The number of alkyl halides is 1. The second-order valence-electron chi connectivity index (χ2n) is 3.91. The summed E-state index contributed by atoms with van der Waals surface area (Å²) in [7, 11) is -2.36. The van der Waals surface area contributed by atoms with Crippen LogP contribution in [-0.4, -0.2) is 28.2 Å². The molecule has 0 aliphatic rings. The highest BCUT2D eigenvalue weighted by molar-refractivity contribution is 7.89. The van der Waals surface area contributed by atoms with E-state index in [-0.39, 0.29) is 34.0 Å². The van der Waals surface area contributed by atoms with Gasteiger partial charge in [-0.15, -0.1) is 11.6 Å². The van der Waals surface area contributed by atoms with Gasteiger partial charge in [0, 0.05) is 19.5 Å². The molecule has 1 rings (SSSR count). The van der Waals surface area contributed by atoms with E-state index in [0.29, 0.717) is 0 Å². The third-order valence-corrected chi connectivity index (χ3v) is 4.61. The summed E-state index contributed by atoms with van der Waals surface area (Å²) in [5.41, 5.74) is 0.225. The average molecular weight is 330 g/mol. The lowest BCUT2D eigenvalue weighted by Crippen LogP contribution is -2.31. The Morgan fingerprint density at radius 1 is 1.47 bits per heavy atom. The van der Waals surface area contributed by atoms with Gasteiger partial charge in [-0.05, 0) is 24.6 Å². The van der Waals surface area contributed by atoms with Crippen LogP contribution >= 0.6 is 23.2 Å². The van der Waals surface area contributed by atoms with E-state index >= 15 is 0 Å².